The first kappa shape index (κ1) is 14.1. The number of carbonyl (C=O) groups excluding carboxylic acids is 3. The molecule has 3 nitrogen and oxygen atoms in total. The van der Waals surface area contributed by atoms with E-state index in [9.17, 15) is 14.4 Å². The van der Waals surface area contributed by atoms with E-state index in [4.69, 9.17) is 0 Å². The van der Waals surface area contributed by atoms with Gasteiger partial charge in [-0.3, -0.25) is 14.4 Å². The van der Waals surface area contributed by atoms with E-state index < -0.39 is 5.41 Å². The highest BCUT2D eigenvalue weighted by molar-refractivity contribution is 6.02. The fourth-order valence-corrected chi connectivity index (χ4v) is 5.81. The minimum Gasteiger partial charge on any atom is -0.299 e. The first-order valence-electron chi connectivity index (χ1n) is 8.36. The van der Waals surface area contributed by atoms with E-state index >= 15 is 0 Å². The van der Waals surface area contributed by atoms with Crippen LogP contribution >= 0.6 is 0 Å². The molecule has 0 amide bonds. The lowest BCUT2D eigenvalue weighted by molar-refractivity contribution is -0.147. The third kappa shape index (κ3) is 1.60. The van der Waals surface area contributed by atoms with E-state index in [0.717, 1.165) is 24.8 Å². The minimum absolute atomic E-state index is 0.0371. The standard InChI is InChI=1S/C19H22O3/c1-18-8-7-12(20)9-11(18)3-4-13-14-5-6-16(22)19(14,2)10-15(21)17(13)18/h7-9,13-14,17H,3-6,10H2,1-2H3/t13-,14-,17+,18+,19+/m1/s1. The molecule has 0 heterocycles. The second kappa shape index (κ2) is 4.27. The number of carbonyl (C=O) groups is 3. The zero-order valence-electron chi connectivity index (χ0n) is 13.2. The summed E-state index contributed by atoms with van der Waals surface area (Å²) in [6.45, 7) is 4.12. The molecule has 0 unspecified atom stereocenters. The zero-order chi connectivity index (χ0) is 15.7. The molecule has 3 fully saturated rings. The van der Waals surface area contributed by atoms with Crippen LogP contribution in [-0.4, -0.2) is 17.3 Å². The molecule has 3 saturated carbocycles. The van der Waals surface area contributed by atoms with Crippen molar-refractivity contribution in [1.82, 2.24) is 0 Å². The number of fused-ring (bicyclic) bond motifs is 5. The van der Waals surface area contributed by atoms with Crippen LogP contribution in [0.2, 0.25) is 0 Å². The van der Waals surface area contributed by atoms with Gasteiger partial charge in [0.2, 0.25) is 0 Å². The number of allylic oxidation sites excluding steroid dienone is 4. The Morgan fingerprint density at radius 2 is 1.86 bits per heavy atom. The number of ketones is 3. The summed E-state index contributed by atoms with van der Waals surface area (Å²) in [5.41, 5.74) is 0.368. The van der Waals surface area contributed by atoms with E-state index in [1.54, 1.807) is 12.2 Å². The van der Waals surface area contributed by atoms with E-state index in [-0.39, 0.29) is 34.6 Å². The van der Waals surface area contributed by atoms with Gasteiger partial charge in [0.15, 0.2) is 5.78 Å². The van der Waals surface area contributed by atoms with Gasteiger partial charge in [0, 0.05) is 29.6 Å². The highest BCUT2D eigenvalue weighted by atomic mass is 16.1. The Morgan fingerprint density at radius 3 is 2.64 bits per heavy atom. The zero-order valence-corrected chi connectivity index (χ0v) is 13.2. The smallest absolute Gasteiger partial charge is 0.178 e. The molecule has 0 N–H and O–H groups in total. The van der Waals surface area contributed by atoms with Crippen LogP contribution in [0.1, 0.15) is 46.0 Å². The molecule has 22 heavy (non-hydrogen) atoms. The van der Waals surface area contributed by atoms with Gasteiger partial charge in [-0.05, 0) is 43.3 Å². The predicted molar refractivity (Wildman–Crippen MR) is 82.0 cm³/mol. The summed E-state index contributed by atoms with van der Waals surface area (Å²) in [6.07, 6.45) is 9.08. The molecular weight excluding hydrogens is 276 g/mol. The van der Waals surface area contributed by atoms with Crippen LogP contribution < -0.4 is 0 Å². The maximum absolute atomic E-state index is 13.0. The van der Waals surface area contributed by atoms with Crippen molar-refractivity contribution in [2.75, 3.05) is 0 Å². The first-order valence-corrected chi connectivity index (χ1v) is 8.36. The second-order valence-corrected chi connectivity index (χ2v) is 8.00. The molecule has 3 heteroatoms. The molecule has 0 spiro atoms. The lowest BCUT2D eigenvalue weighted by Gasteiger charge is -2.54. The average molecular weight is 298 g/mol. The summed E-state index contributed by atoms with van der Waals surface area (Å²) in [6, 6.07) is 0. The molecule has 0 radical (unpaired) electrons. The van der Waals surface area contributed by atoms with E-state index in [1.165, 1.54) is 0 Å². The van der Waals surface area contributed by atoms with Crippen LogP contribution in [-0.2, 0) is 14.4 Å². The number of Topliss-reactive ketones (excluding diaryl/α,β-unsaturated/α-hetero) is 2. The quantitative estimate of drug-likeness (QED) is 0.690. The van der Waals surface area contributed by atoms with Crippen LogP contribution in [0.3, 0.4) is 0 Å². The summed E-state index contributed by atoms with van der Waals surface area (Å²) in [5, 5.41) is 0. The monoisotopic (exact) mass is 298 g/mol. The normalized spacial score (nSPS) is 46.9. The van der Waals surface area contributed by atoms with Crippen molar-refractivity contribution in [3.63, 3.8) is 0 Å². The fraction of sp³-hybridized carbons (Fsp3) is 0.632. The lowest BCUT2D eigenvalue weighted by Crippen LogP contribution is -2.54. The molecule has 4 aliphatic carbocycles. The van der Waals surface area contributed by atoms with Gasteiger partial charge >= 0.3 is 0 Å². The maximum atomic E-state index is 13.0. The fourth-order valence-electron chi connectivity index (χ4n) is 5.81. The van der Waals surface area contributed by atoms with Gasteiger partial charge in [-0.25, -0.2) is 0 Å². The molecule has 0 aromatic rings. The third-order valence-corrected chi connectivity index (χ3v) is 6.97. The number of rotatable bonds is 0. The molecule has 4 aliphatic rings. The van der Waals surface area contributed by atoms with Crippen LogP contribution in [0.4, 0.5) is 0 Å². The SMILES string of the molecule is C[C@]12C=CC(=O)C=C1CC[C@H]1[C@H]2C(=O)C[C@]2(C)C(=O)CC[C@H]12. The molecule has 0 aromatic heterocycles. The lowest BCUT2D eigenvalue weighted by atomic mass is 9.48. The number of hydrogen-bond donors (Lipinski definition) is 0. The van der Waals surface area contributed by atoms with Crippen molar-refractivity contribution in [1.29, 1.82) is 0 Å². The van der Waals surface area contributed by atoms with Crippen LogP contribution in [0.25, 0.3) is 0 Å². The van der Waals surface area contributed by atoms with E-state index in [2.05, 4.69) is 6.92 Å². The average Bonchev–Trinajstić information content (AvgIpc) is 2.75. The summed E-state index contributed by atoms with van der Waals surface area (Å²) >= 11 is 0. The molecule has 5 atom stereocenters. The highest BCUT2D eigenvalue weighted by Crippen LogP contribution is 2.62. The Labute approximate surface area is 130 Å². The van der Waals surface area contributed by atoms with Crippen molar-refractivity contribution in [3.8, 4) is 0 Å². The van der Waals surface area contributed by atoms with Gasteiger partial charge in [-0.2, -0.15) is 0 Å². The Hall–Kier alpha value is -1.51. The third-order valence-electron chi connectivity index (χ3n) is 6.97. The summed E-state index contributed by atoms with van der Waals surface area (Å²) in [4.78, 5) is 37.0. The Morgan fingerprint density at radius 1 is 1.09 bits per heavy atom. The molecule has 0 aromatic carbocycles. The van der Waals surface area contributed by atoms with Crippen molar-refractivity contribution in [3.05, 3.63) is 23.8 Å². The molecule has 0 aliphatic heterocycles. The Balaban J connectivity index is 1.79. The molecule has 0 saturated heterocycles. The van der Waals surface area contributed by atoms with Gasteiger partial charge in [0.05, 0.1) is 0 Å². The summed E-state index contributed by atoms with van der Waals surface area (Å²) < 4.78 is 0. The predicted octanol–water partition coefficient (Wildman–Crippen LogP) is 3.04. The van der Waals surface area contributed by atoms with Gasteiger partial charge in [0.25, 0.3) is 0 Å². The van der Waals surface area contributed by atoms with E-state index in [1.807, 2.05) is 13.0 Å². The Bertz CT molecular complexity index is 656. The Kier molecular flexibility index (Phi) is 2.74. The molecule has 4 rings (SSSR count). The minimum atomic E-state index is -0.427. The summed E-state index contributed by atoms with van der Waals surface area (Å²) in [7, 11) is 0. The molecular formula is C19H22O3. The van der Waals surface area contributed by atoms with Crippen molar-refractivity contribution in [2.24, 2.45) is 28.6 Å². The van der Waals surface area contributed by atoms with Crippen LogP contribution in [0, 0.1) is 28.6 Å². The van der Waals surface area contributed by atoms with Gasteiger partial charge in [0.1, 0.15) is 11.6 Å². The molecule has 0 bridgehead atoms. The van der Waals surface area contributed by atoms with Crippen LogP contribution in [0.15, 0.2) is 23.8 Å². The molecule has 116 valence electrons. The van der Waals surface area contributed by atoms with Crippen molar-refractivity contribution < 1.29 is 14.4 Å². The largest absolute Gasteiger partial charge is 0.299 e. The maximum Gasteiger partial charge on any atom is 0.178 e. The van der Waals surface area contributed by atoms with Crippen LogP contribution in [0.5, 0.6) is 0 Å². The second-order valence-electron chi connectivity index (χ2n) is 8.00. The first-order chi connectivity index (χ1) is 10.4. The van der Waals surface area contributed by atoms with Gasteiger partial charge < -0.3 is 0 Å². The van der Waals surface area contributed by atoms with Gasteiger partial charge in [-0.15, -0.1) is 0 Å². The van der Waals surface area contributed by atoms with Crippen molar-refractivity contribution >= 4 is 17.3 Å². The van der Waals surface area contributed by atoms with Gasteiger partial charge in [-0.1, -0.05) is 25.5 Å². The summed E-state index contributed by atoms with van der Waals surface area (Å²) in [5.74, 6) is 1.12. The van der Waals surface area contributed by atoms with E-state index in [0.29, 0.717) is 18.8 Å². The van der Waals surface area contributed by atoms with Crippen molar-refractivity contribution in [2.45, 2.75) is 46.0 Å². The number of hydrogen-bond acceptors (Lipinski definition) is 3. The highest BCUT2D eigenvalue weighted by Gasteiger charge is 2.61. The topological polar surface area (TPSA) is 51.2 Å².